The van der Waals surface area contributed by atoms with Crippen LogP contribution >= 0.6 is 7.26 Å². The van der Waals surface area contributed by atoms with E-state index in [1.165, 1.54) is 57.0 Å². The van der Waals surface area contributed by atoms with Crippen molar-refractivity contribution in [2.45, 2.75) is 59.3 Å². The summed E-state index contributed by atoms with van der Waals surface area (Å²) in [5, 5.41) is 0. The van der Waals surface area contributed by atoms with Gasteiger partial charge in [0.25, 0.3) is 5.91 Å². The fourth-order valence-electron chi connectivity index (χ4n) is 2.38. The summed E-state index contributed by atoms with van der Waals surface area (Å²) in [6.07, 6.45) is 12.1. The van der Waals surface area contributed by atoms with Gasteiger partial charge in [0.1, 0.15) is 6.16 Å². The average Bonchev–Trinajstić information content (AvgIpc) is 2.30. The van der Waals surface area contributed by atoms with E-state index >= 15 is 0 Å². The van der Waals surface area contributed by atoms with Crippen LogP contribution in [0.5, 0.6) is 0 Å². The van der Waals surface area contributed by atoms with E-state index in [1.54, 1.807) is 0 Å². The highest BCUT2D eigenvalue weighted by atomic mass is 31.2. The number of unbranched alkanes of at least 4 members (excludes halogenated alkanes) is 3. The molecule has 0 saturated heterocycles. The molecule has 1 amide bonds. The van der Waals surface area contributed by atoms with Gasteiger partial charge in [-0.05, 0) is 19.3 Å². The van der Waals surface area contributed by atoms with Gasteiger partial charge in [0.15, 0.2) is 0 Å². The molecule has 0 aromatic carbocycles. The lowest BCUT2D eigenvalue weighted by molar-refractivity contribution is -0.115. The van der Waals surface area contributed by atoms with Gasteiger partial charge in [-0.15, -0.1) is 0 Å². The van der Waals surface area contributed by atoms with Gasteiger partial charge >= 0.3 is 0 Å². The molecule has 0 spiro atoms. The van der Waals surface area contributed by atoms with Crippen molar-refractivity contribution in [3.05, 3.63) is 0 Å². The Hall–Kier alpha value is -0.100. The van der Waals surface area contributed by atoms with Crippen LogP contribution in [0.15, 0.2) is 0 Å². The Morgan fingerprint density at radius 2 is 1.24 bits per heavy atom. The van der Waals surface area contributed by atoms with Crippen molar-refractivity contribution in [1.82, 2.24) is 0 Å². The number of carbonyl (C=O) groups is 1. The van der Waals surface area contributed by atoms with E-state index < -0.39 is 7.26 Å². The predicted octanol–water partition coefficient (Wildman–Crippen LogP) is 3.89. The van der Waals surface area contributed by atoms with E-state index in [2.05, 4.69) is 20.8 Å². The van der Waals surface area contributed by atoms with Crippen LogP contribution in [0.25, 0.3) is 0 Å². The van der Waals surface area contributed by atoms with Gasteiger partial charge in [-0.1, -0.05) is 40.0 Å². The van der Waals surface area contributed by atoms with Crippen LogP contribution in [0.4, 0.5) is 0 Å². The van der Waals surface area contributed by atoms with E-state index in [0.29, 0.717) is 6.16 Å². The van der Waals surface area contributed by atoms with Gasteiger partial charge in [0.2, 0.25) is 0 Å². The molecule has 3 heteroatoms. The second-order valence-electron chi connectivity index (χ2n) is 5.20. The second-order valence-corrected chi connectivity index (χ2v) is 9.54. The molecule has 0 saturated carbocycles. The van der Waals surface area contributed by atoms with E-state index in [1.807, 2.05) is 0 Å². The molecule has 2 nitrogen and oxygen atoms in total. The molecule has 0 heterocycles. The normalized spacial score (nSPS) is 11.7. The number of nitrogens with two attached hydrogens (primary N) is 1. The topological polar surface area (TPSA) is 43.1 Å². The number of carbonyl (C=O) groups excluding carboxylic acids is 1. The van der Waals surface area contributed by atoms with Gasteiger partial charge in [0.05, 0.1) is 18.5 Å². The predicted molar refractivity (Wildman–Crippen MR) is 80.3 cm³/mol. The number of amides is 1. The van der Waals surface area contributed by atoms with Crippen molar-refractivity contribution in [2.24, 2.45) is 5.73 Å². The first-order chi connectivity index (χ1) is 8.10. The summed E-state index contributed by atoms with van der Waals surface area (Å²) in [4.78, 5) is 11.4. The van der Waals surface area contributed by atoms with Gasteiger partial charge in [-0.25, -0.2) is 0 Å². The minimum atomic E-state index is -1.08. The summed E-state index contributed by atoms with van der Waals surface area (Å²) >= 11 is 0. The maximum atomic E-state index is 11.4. The molecule has 0 rings (SSSR count). The summed E-state index contributed by atoms with van der Waals surface area (Å²) in [6, 6.07) is 0. The van der Waals surface area contributed by atoms with Crippen molar-refractivity contribution in [2.75, 3.05) is 24.6 Å². The maximum absolute atomic E-state index is 11.4. The second kappa shape index (κ2) is 9.88. The SMILES string of the molecule is CCCC[P+](CCCC)(CCCC)CC(N)=O. The zero-order valence-corrected chi connectivity index (χ0v) is 12.9. The molecule has 0 aromatic heterocycles. The van der Waals surface area contributed by atoms with E-state index in [9.17, 15) is 4.79 Å². The zero-order valence-electron chi connectivity index (χ0n) is 12.0. The van der Waals surface area contributed by atoms with Crippen molar-refractivity contribution in [1.29, 1.82) is 0 Å². The van der Waals surface area contributed by atoms with Crippen molar-refractivity contribution < 1.29 is 4.79 Å². The first-order valence-corrected chi connectivity index (χ1v) is 9.76. The van der Waals surface area contributed by atoms with Crippen molar-refractivity contribution in [3.63, 3.8) is 0 Å². The van der Waals surface area contributed by atoms with Gasteiger partial charge in [0, 0.05) is 7.26 Å². The first-order valence-electron chi connectivity index (χ1n) is 7.23. The molecule has 0 aliphatic heterocycles. The molecule has 0 aliphatic rings. The third-order valence-electron chi connectivity index (χ3n) is 3.45. The Morgan fingerprint density at radius 1 is 0.882 bits per heavy atom. The maximum Gasteiger partial charge on any atom is 0.254 e. The van der Waals surface area contributed by atoms with Crippen LogP contribution in [0.1, 0.15) is 59.3 Å². The fraction of sp³-hybridized carbons (Fsp3) is 0.929. The molecule has 0 atom stereocenters. The quantitative estimate of drug-likeness (QED) is 0.563. The van der Waals surface area contributed by atoms with Crippen molar-refractivity contribution >= 4 is 13.2 Å². The van der Waals surface area contributed by atoms with Crippen molar-refractivity contribution in [3.8, 4) is 0 Å². The molecule has 0 radical (unpaired) electrons. The Morgan fingerprint density at radius 3 is 1.47 bits per heavy atom. The molecule has 0 fully saturated rings. The Bertz CT molecular complexity index is 185. The van der Waals surface area contributed by atoms with E-state index in [-0.39, 0.29) is 5.91 Å². The lowest BCUT2D eigenvalue weighted by Gasteiger charge is -2.26. The summed E-state index contributed by atoms with van der Waals surface area (Å²) in [7, 11) is -1.08. The standard InChI is InChI=1S/C14H30NOP/c1-4-7-10-17(11-8-5-2,12-9-6-3)13-14(15)16/h4-13H2,1-3H3,(H-,15,16)/p+1. The molecule has 0 bridgehead atoms. The molecule has 2 N–H and O–H groups in total. The lowest BCUT2D eigenvalue weighted by atomic mass is 10.4. The summed E-state index contributed by atoms with van der Waals surface area (Å²) in [5.41, 5.74) is 5.48. The molecule has 0 aliphatic carbocycles. The molecular formula is C14H31NOP+. The Balaban J connectivity index is 4.56. The Labute approximate surface area is 108 Å². The van der Waals surface area contributed by atoms with Crippen LogP contribution in [-0.2, 0) is 4.79 Å². The average molecular weight is 260 g/mol. The third kappa shape index (κ3) is 7.76. The monoisotopic (exact) mass is 260 g/mol. The first kappa shape index (κ1) is 16.9. The molecule has 0 unspecified atom stereocenters. The van der Waals surface area contributed by atoms with E-state index in [0.717, 1.165) is 0 Å². The smallest absolute Gasteiger partial charge is 0.254 e. The van der Waals surface area contributed by atoms with Crippen LogP contribution in [0, 0.1) is 0 Å². The number of hydrogen-bond donors (Lipinski definition) is 1. The Kier molecular flexibility index (Phi) is 9.82. The van der Waals surface area contributed by atoms with Crippen LogP contribution in [0.3, 0.4) is 0 Å². The largest absolute Gasteiger partial charge is 0.367 e. The lowest BCUT2D eigenvalue weighted by Crippen LogP contribution is -2.23. The number of primary amides is 1. The molecule has 17 heavy (non-hydrogen) atoms. The minimum Gasteiger partial charge on any atom is -0.367 e. The van der Waals surface area contributed by atoms with Gasteiger partial charge < -0.3 is 5.73 Å². The number of rotatable bonds is 11. The highest BCUT2D eigenvalue weighted by molar-refractivity contribution is 7.76. The molecule has 0 aromatic rings. The molecule has 102 valence electrons. The summed E-state index contributed by atoms with van der Waals surface area (Å²) in [6.45, 7) is 6.70. The molecular weight excluding hydrogens is 229 g/mol. The summed E-state index contributed by atoms with van der Waals surface area (Å²) in [5.74, 6) is -0.0679. The number of hydrogen-bond acceptors (Lipinski definition) is 1. The van der Waals surface area contributed by atoms with Gasteiger partial charge in [-0.3, -0.25) is 4.79 Å². The highest BCUT2D eigenvalue weighted by Gasteiger charge is 2.37. The van der Waals surface area contributed by atoms with E-state index in [4.69, 9.17) is 5.73 Å². The summed E-state index contributed by atoms with van der Waals surface area (Å²) < 4.78 is 0. The van der Waals surface area contributed by atoms with Crippen LogP contribution in [-0.4, -0.2) is 30.6 Å². The van der Waals surface area contributed by atoms with Crippen LogP contribution < -0.4 is 5.73 Å². The zero-order chi connectivity index (χ0) is 13.1. The highest BCUT2D eigenvalue weighted by Crippen LogP contribution is 2.60. The minimum absolute atomic E-state index is 0.0679. The van der Waals surface area contributed by atoms with Gasteiger partial charge in [-0.2, -0.15) is 0 Å². The third-order valence-corrected chi connectivity index (χ3v) is 8.23. The fourth-order valence-corrected chi connectivity index (χ4v) is 7.15. The van der Waals surface area contributed by atoms with Crippen LogP contribution in [0.2, 0.25) is 0 Å².